The first-order chi connectivity index (χ1) is 17.7. The van der Waals surface area contributed by atoms with E-state index in [0.717, 1.165) is 19.3 Å². The molecular formula is C30H37NO5. The lowest BCUT2D eigenvalue weighted by Crippen LogP contribution is -2.41. The molecule has 192 valence electrons. The molecular weight excluding hydrogens is 454 g/mol. The molecule has 0 saturated heterocycles. The minimum Gasteiger partial charge on any atom is -0.459 e. The van der Waals surface area contributed by atoms with Crippen LogP contribution in [0.4, 0.5) is 0 Å². The Bertz CT molecular complexity index is 1090. The van der Waals surface area contributed by atoms with E-state index in [0.29, 0.717) is 25.4 Å². The second kappa shape index (κ2) is 11.6. The van der Waals surface area contributed by atoms with Crippen molar-refractivity contribution in [2.24, 2.45) is 0 Å². The first-order valence-electron chi connectivity index (χ1n) is 13.3. The number of rotatable bonds is 9. The maximum Gasteiger partial charge on any atom is 0.288 e. The van der Waals surface area contributed by atoms with Crippen molar-refractivity contribution in [3.05, 3.63) is 71.0 Å². The number of ether oxygens (including phenoxy) is 3. The maximum absolute atomic E-state index is 13.6. The number of benzene rings is 2. The summed E-state index contributed by atoms with van der Waals surface area (Å²) in [6.45, 7) is 0.980. The standard InChI is InChI=1S/C30H37NO5/c1-31(23-9-3-2-4-10-23)30(33)28-19-22(20-29(36-28)35-17-16-34-15-14-32)25-12-7-13-26-24-11-6-5-8-21(24)18-27(25)26/h5-8,11-13,19,22-23,29,32H,2-4,9-10,14-18,20H2,1H3/t22-,29+/m0/s1. The van der Waals surface area contributed by atoms with E-state index >= 15 is 0 Å². The van der Waals surface area contributed by atoms with Crippen molar-refractivity contribution in [1.82, 2.24) is 4.90 Å². The van der Waals surface area contributed by atoms with Crippen LogP contribution in [-0.4, -0.2) is 61.7 Å². The minimum absolute atomic E-state index is 0.0155. The second-order valence-corrected chi connectivity index (χ2v) is 10.0. The summed E-state index contributed by atoms with van der Waals surface area (Å²) in [7, 11) is 1.90. The predicted octanol–water partition coefficient (Wildman–Crippen LogP) is 4.79. The van der Waals surface area contributed by atoms with E-state index in [9.17, 15) is 4.79 Å². The molecule has 1 amide bonds. The van der Waals surface area contributed by atoms with Crippen molar-refractivity contribution in [3.8, 4) is 11.1 Å². The Morgan fingerprint density at radius 3 is 2.67 bits per heavy atom. The number of amides is 1. The summed E-state index contributed by atoms with van der Waals surface area (Å²) in [4.78, 5) is 15.4. The van der Waals surface area contributed by atoms with Crippen molar-refractivity contribution >= 4 is 5.91 Å². The molecule has 6 heteroatoms. The third kappa shape index (κ3) is 5.36. The highest BCUT2D eigenvalue weighted by Crippen LogP contribution is 2.43. The average Bonchev–Trinajstić information content (AvgIpc) is 3.31. The molecule has 1 fully saturated rings. The fourth-order valence-corrected chi connectivity index (χ4v) is 5.87. The highest BCUT2D eigenvalue weighted by Gasteiger charge is 2.34. The Morgan fingerprint density at radius 2 is 1.83 bits per heavy atom. The number of fused-ring (bicyclic) bond motifs is 3. The second-order valence-electron chi connectivity index (χ2n) is 10.0. The molecule has 2 atom stereocenters. The van der Waals surface area contributed by atoms with E-state index in [1.165, 1.54) is 47.1 Å². The van der Waals surface area contributed by atoms with Crippen molar-refractivity contribution in [2.75, 3.05) is 33.5 Å². The summed E-state index contributed by atoms with van der Waals surface area (Å²) in [5, 5.41) is 8.93. The number of allylic oxidation sites excluding steroid dienone is 1. The molecule has 3 aliphatic rings. The number of carbonyl (C=O) groups excluding carboxylic acids is 1. The molecule has 0 spiro atoms. The topological polar surface area (TPSA) is 68.2 Å². The van der Waals surface area contributed by atoms with Crippen LogP contribution in [0.5, 0.6) is 0 Å². The highest BCUT2D eigenvalue weighted by atomic mass is 16.7. The molecule has 2 aromatic rings. The Balaban J connectivity index is 1.40. The lowest BCUT2D eigenvalue weighted by molar-refractivity contribution is -0.157. The molecule has 0 bridgehead atoms. The number of carbonyl (C=O) groups is 1. The first-order valence-corrected chi connectivity index (χ1v) is 13.3. The SMILES string of the molecule is CN(C(=O)C1=C[C@H](c2cccc3c2Cc2ccccc2-3)C[C@H](OCCOCCO)O1)C1CCCCC1. The Hall–Kier alpha value is -2.67. The number of aliphatic hydroxyl groups is 1. The van der Waals surface area contributed by atoms with Gasteiger partial charge in [0.25, 0.3) is 5.91 Å². The van der Waals surface area contributed by atoms with Gasteiger partial charge in [-0.1, -0.05) is 61.7 Å². The zero-order valence-corrected chi connectivity index (χ0v) is 21.2. The van der Waals surface area contributed by atoms with Gasteiger partial charge in [-0.3, -0.25) is 4.79 Å². The number of nitrogens with zero attached hydrogens (tertiary/aromatic N) is 1. The summed E-state index contributed by atoms with van der Waals surface area (Å²) >= 11 is 0. The third-order valence-electron chi connectivity index (χ3n) is 7.76. The van der Waals surface area contributed by atoms with Gasteiger partial charge in [-0.15, -0.1) is 0 Å². The lowest BCUT2D eigenvalue weighted by atomic mass is 9.87. The van der Waals surface area contributed by atoms with Gasteiger partial charge in [-0.05, 0) is 53.2 Å². The highest BCUT2D eigenvalue weighted by molar-refractivity contribution is 5.92. The fraction of sp³-hybridized carbons (Fsp3) is 0.500. The van der Waals surface area contributed by atoms with Gasteiger partial charge in [-0.25, -0.2) is 0 Å². The van der Waals surface area contributed by atoms with Crippen LogP contribution in [0.2, 0.25) is 0 Å². The molecule has 1 N–H and O–H groups in total. The van der Waals surface area contributed by atoms with E-state index in [1.54, 1.807) is 0 Å². The van der Waals surface area contributed by atoms with Gasteiger partial charge in [0, 0.05) is 25.4 Å². The van der Waals surface area contributed by atoms with Crippen molar-refractivity contribution < 1.29 is 24.1 Å². The smallest absolute Gasteiger partial charge is 0.288 e. The van der Waals surface area contributed by atoms with Crippen LogP contribution in [0.3, 0.4) is 0 Å². The molecule has 5 rings (SSSR count). The molecule has 2 aliphatic carbocycles. The van der Waals surface area contributed by atoms with Crippen LogP contribution in [0.25, 0.3) is 11.1 Å². The Morgan fingerprint density at radius 1 is 1.03 bits per heavy atom. The Kier molecular flexibility index (Phi) is 8.05. The summed E-state index contributed by atoms with van der Waals surface area (Å²) in [5.74, 6) is 0.339. The quantitative estimate of drug-likeness (QED) is 0.436. The molecule has 1 heterocycles. The van der Waals surface area contributed by atoms with Gasteiger partial charge < -0.3 is 24.2 Å². The van der Waals surface area contributed by atoms with Crippen molar-refractivity contribution in [2.45, 2.75) is 63.2 Å². The van der Waals surface area contributed by atoms with Crippen LogP contribution in [0, 0.1) is 0 Å². The zero-order valence-electron chi connectivity index (χ0n) is 21.2. The van der Waals surface area contributed by atoms with Gasteiger partial charge in [0.2, 0.25) is 6.29 Å². The minimum atomic E-state index is -0.531. The number of aliphatic hydroxyl groups excluding tert-OH is 1. The van der Waals surface area contributed by atoms with E-state index in [1.807, 2.05) is 18.0 Å². The molecule has 6 nitrogen and oxygen atoms in total. The van der Waals surface area contributed by atoms with Gasteiger partial charge in [-0.2, -0.15) is 0 Å². The Labute approximate surface area is 213 Å². The molecule has 1 aliphatic heterocycles. The predicted molar refractivity (Wildman–Crippen MR) is 138 cm³/mol. The molecule has 2 aromatic carbocycles. The average molecular weight is 492 g/mol. The van der Waals surface area contributed by atoms with E-state index in [2.05, 4.69) is 42.5 Å². The molecule has 0 unspecified atom stereocenters. The first kappa shape index (κ1) is 25.0. The number of hydrogen-bond acceptors (Lipinski definition) is 5. The third-order valence-corrected chi connectivity index (χ3v) is 7.76. The number of likely N-dealkylation sites (N-methyl/N-ethyl adjacent to an activating group) is 1. The summed E-state index contributed by atoms with van der Waals surface area (Å²) in [6.07, 6.45) is 8.70. The van der Waals surface area contributed by atoms with Crippen molar-refractivity contribution in [3.63, 3.8) is 0 Å². The van der Waals surface area contributed by atoms with Gasteiger partial charge in [0.15, 0.2) is 5.76 Å². The summed E-state index contributed by atoms with van der Waals surface area (Å²) in [6, 6.07) is 15.3. The van der Waals surface area contributed by atoms with E-state index in [4.69, 9.17) is 19.3 Å². The van der Waals surface area contributed by atoms with Gasteiger partial charge >= 0.3 is 0 Å². The van der Waals surface area contributed by atoms with Gasteiger partial charge in [0.05, 0.1) is 26.4 Å². The summed E-state index contributed by atoms with van der Waals surface area (Å²) < 4.78 is 17.5. The zero-order chi connectivity index (χ0) is 24.9. The van der Waals surface area contributed by atoms with E-state index < -0.39 is 6.29 Å². The van der Waals surface area contributed by atoms with Crippen LogP contribution in [0.1, 0.15) is 61.1 Å². The molecule has 0 aromatic heterocycles. The normalized spacial score (nSPS) is 21.3. The largest absolute Gasteiger partial charge is 0.459 e. The van der Waals surface area contributed by atoms with Crippen molar-refractivity contribution in [1.29, 1.82) is 0 Å². The van der Waals surface area contributed by atoms with Gasteiger partial charge in [0.1, 0.15) is 0 Å². The van der Waals surface area contributed by atoms with Crippen LogP contribution in [-0.2, 0) is 25.4 Å². The van der Waals surface area contributed by atoms with Crippen LogP contribution < -0.4 is 0 Å². The molecule has 36 heavy (non-hydrogen) atoms. The summed E-state index contributed by atoms with van der Waals surface area (Å²) in [5.41, 5.74) is 6.50. The molecule has 0 radical (unpaired) electrons. The molecule has 1 saturated carbocycles. The fourth-order valence-electron chi connectivity index (χ4n) is 5.87. The maximum atomic E-state index is 13.6. The lowest BCUT2D eigenvalue weighted by Gasteiger charge is -2.35. The number of hydrogen-bond donors (Lipinski definition) is 1. The monoisotopic (exact) mass is 491 g/mol. The van der Waals surface area contributed by atoms with Crippen LogP contribution >= 0.6 is 0 Å². The van der Waals surface area contributed by atoms with E-state index in [-0.39, 0.29) is 31.1 Å². The van der Waals surface area contributed by atoms with Crippen LogP contribution in [0.15, 0.2) is 54.3 Å².